The van der Waals surface area contributed by atoms with E-state index in [1.165, 1.54) is 13.1 Å². The fraction of sp³-hybridized carbons (Fsp3) is 0.615. The molecule has 0 saturated heterocycles. The molecule has 1 aliphatic carbocycles. The van der Waals surface area contributed by atoms with E-state index in [4.69, 9.17) is 10.2 Å². The van der Waals surface area contributed by atoms with Gasteiger partial charge in [-0.15, -0.1) is 12.4 Å². The summed E-state index contributed by atoms with van der Waals surface area (Å²) < 4.78 is 30.7. The van der Waals surface area contributed by atoms with Crippen molar-refractivity contribution in [3.8, 4) is 0 Å². The van der Waals surface area contributed by atoms with Crippen molar-refractivity contribution in [1.29, 1.82) is 0 Å². The van der Waals surface area contributed by atoms with Gasteiger partial charge in [0.2, 0.25) is 5.09 Å². The lowest BCUT2D eigenvalue weighted by atomic mass is 9.95. The van der Waals surface area contributed by atoms with E-state index in [1.54, 1.807) is 6.92 Å². The normalized spacial score (nSPS) is 17.5. The highest BCUT2D eigenvalue weighted by Crippen LogP contribution is 2.39. The zero-order valence-electron chi connectivity index (χ0n) is 12.8. The molecule has 1 heterocycles. The van der Waals surface area contributed by atoms with Gasteiger partial charge in [0.05, 0.1) is 11.1 Å². The van der Waals surface area contributed by atoms with E-state index in [1.807, 2.05) is 6.92 Å². The number of nitrogens with two attached hydrogens (primary N) is 1. The first-order chi connectivity index (χ1) is 9.73. The lowest BCUT2D eigenvalue weighted by Crippen LogP contribution is -2.53. The Balaban J connectivity index is 0.00000242. The molecule has 1 aliphatic rings. The second-order valence-electron chi connectivity index (χ2n) is 5.59. The maximum atomic E-state index is 12.4. The number of halogens is 1. The molecule has 1 aromatic heterocycles. The molecule has 2 rings (SSSR count). The van der Waals surface area contributed by atoms with Gasteiger partial charge in [-0.2, -0.15) is 0 Å². The van der Waals surface area contributed by atoms with Crippen LogP contribution in [0, 0.1) is 12.8 Å². The molecule has 1 saturated carbocycles. The Bertz CT molecular complexity index is 654. The standard InChI is InChI=1S/C13H21N3O4S.ClH/c1-8-10(6-11(20-8)21(18,19)15-3)12(17)16-13(2,7-14)9-4-5-9;/h6,9,15H,4-5,7,14H2,1-3H3,(H,16,17);1H. The number of carbonyl (C=O) groups excluding carboxylic acids is 1. The molecule has 1 fully saturated rings. The van der Waals surface area contributed by atoms with Gasteiger partial charge in [-0.05, 0) is 39.7 Å². The van der Waals surface area contributed by atoms with E-state index >= 15 is 0 Å². The Labute approximate surface area is 136 Å². The third-order valence-electron chi connectivity index (χ3n) is 3.97. The first-order valence-corrected chi connectivity index (χ1v) is 8.28. The molecule has 0 aliphatic heterocycles. The zero-order valence-corrected chi connectivity index (χ0v) is 14.4. The minimum absolute atomic E-state index is 0. The number of furan rings is 1. The van der Waals surface area contributed by atoms with Crippen molar-refractivity contribution in [2.24, 2.45) is 11.7 Å². The Morgan fingerprint density at radius 2 is 2.09 bits per heavy atom. The van der Waals surface area contributed by atoms with Crippen molar-refractivity contribution in [3.63, 3.8) is 0 Å². The largest absolute Gasteiger partial charge is 0.448 e. The number of sulfonamides is 1. The van der Waals surface area contributed by atoms with E-state index in [9.17, 15) is 13.2 Å². The minimum Gasteiger partial charge on any atom is -0.448 e. The van der Waals surface area contributed by atoms with E-state index in [-0.39, 0.29) is 34.7 Å². The summed E-state index contributed by atoms with van der Waals surface area (Å²) >= 11 is 0. The summed E-state index contributed by atoms with van der Waals surface area (Å²) in [7, 11) is -2.42. The van der Waals surface area contributed by atoms with Crippen LogP contribution >= 0.6 is 12.4 Å². The third-order valence-corrected chi connectivity index (χ3v) is 5.24. The molecule has 0 bridgehead atoms. The van der Waals surface area contributed by atoms with Crippen molar-refractivity contribution >= 4 is 28.3 Å². The summed E-state index contributed by atoms with van der Waals surface area (Å²) in [4.78, 5) is 12.4. The van der Waals surface area contributed by atoms with Crippen LogP contribution in [0.5, 0.6) is 0 Å². The van der Waals surface area contributed by atoms with Gasteiger partial charge in [0, 0.05) is 12.6 Å². The molecule has 22 heavy (non-hydrogen) atoms. The average Bonchev–Trinajstić information content (AvgIpc) is 3.21. The topological polar surface area (TPSA) is 114 Å². The molecule has 1 atom stereocenters. The first kappa shape index (κ1) is 19.0. The van der Waals surface area contributed by atoms with Crippen LogP contribution in [0.2, 0.25) is 0 Å². The Morgan fingerprint density at radius 1 is 1.50 bits per heavy atom. The Morgan fingerprint density at radius 3 is 2.55 bits per heavy atom. The predicted molar refractivity (Wildman–Crippen MR) is 84.6 cm³/mol. The number of aryl methyl sites for hydroxylation is 1. The highest BCUT2D eigenvalue weighted by atomic mass is 35.5. The lowest BCUT2D eigenvalue weighted by Gasteiger charge is -2.29. The average molecular weight is 352 g/mol. The molecular weight excluding hydrogens is 330 g/mol. The maximum Gasteiger partial charge on any atom is 0.273 e. The van der Waals surface area contributed by atoms with E-state index in [2.05, 4.69) is 10.0 Å². The van der Waals surface area contributed by atoms with Crippen LogP contribution in [0.4, 0.5) is 0 Å². The molecule has 1 unspecified atom stereocenters. The predicted octanol–water partition coefficient (Wildman–Crippen LogP) is 0.775. The van der Waals surface area contributed by atoms with Gasteiger partial charge in [0.1, 0.15) is 5.76 Å². The number of rotatable bonds is 6. The Hall–Kier alpha value is -1.09. The quantitative estimate of drug-likeness (QED) is 0.700. The van der Waals surface area contributed by atoms with E-state index in [0.717, 1.165) is 12.8 Å². The van der Waals surface area contributed by atoms with Gasteiger partial charge in [-0.1, -0.05) is 0 Å². The molecule has 4 N–H and O–H groups in total. The van der Waals surface area contributed by atoms with Crippen LogP contribution in [0.25, 0.3) is 0 Å². The molecule has 7 nitrogen and oxygen atoms in total. The number of nitrogens with one attached hydrogen (secondary N) is 2. The highest BCUT2D eigenvalue weighted by Gasteiger charge is 2.42. The van der Waals surface area contributed by atoms with Gasteiger partial charge in [0.25, 0.3) is 15.9 Å². The third kappa shape index (κ3) is 3.62. The van der Waals surface area contributed by atoms with Crippen LogP contribution in [0.1, 0.15) is 35.9 Å². The minimum atomic E-state index is -3.71. The number of amides is 1. The summed E-state index contributed by atoms with van der Waals surface area (Å²) in [6.07, 6.45) is 2.08. The fourth-order valence-electron chi connectivity index (χ4n) is 2.28. The van der Waals surface area contributed by atoms with Crippen molar-refractivity contribution in [3.05, 3.63) is 17.4 Å². The van der Waals surface area contributed by atoms with Crippen molar-refractivity contribution < 1.29 is 17.6 Å². The first-order valence-electron chi connectivity index (χ1n) is 6.80. The van der Waals surface area contributed by atoms with Gasteiger partial charge >= 0.3 is 0 Å². The molecule has 1 aromatic rings. The molecular formula is C13H22ClN3O4S. The maximum absolute atomic E-state index is 12.4. The van der Waals surface area contributed by atoms with Crippen LogP contribution in [0.3, 0.4) is 0 Å². The fourth-order valence-corrected chi connectivity index (χ4v) is 2.99. The van der Waals surface area contributed by atoms with Crippen LogP contribution in [0.15, 0.2) is 15.6 Å². The van der Waals surface area contributed by atoms with Gasteiger partial charge < -0.3 is 15.5 Å². The smallest absolute Gasteiger partial charge is 0.273 e. The number of hydrogen-bond acceptors (Lipinski definition) is 5. The second-order valence-corrected chi connectivity index (χ2v) is 7.41. The van der Waals surface area contributed by atoms with Gasteiger partial charge in [-0.3, -0.25) is 4.79 Å². The van der Waals surface area contributed by atoms with Crippen LogP contribution in [-0.4, -0.2) is 33.5 Å². The van der Waals surface area contributed by atoms with Crippen molar-refractivity contribution in [2.45, 2.75) is 37.3 Å². The molecule has 0 aromatic carbocycles. The molecule has 126 valence electrons. The summed E-state index contributed by atoms with van der Waals surface area (Å²) in [6, 6.07) is 1.24. The number of carbonyl (C=O) groups is 1. The van der Waals surface area contributed by atoms with Gasteiger partial charge in [0.15, 0.2) is 0 Å². The molecule has 1 amide bonds. The monoisotopic (exact) mass is 351 g/mol. The van der Waals surface area contributed by atoms with Crippen LogP contribution in [-0.2, 0) is 10.0 Å². The number of hydrogen-bond donors (Lipinski definition) is 3. The van der Waals surface area contributed by atoms with Gasteiger partial charge in [-0.25, -0.2) is 13.1 Å². The SMILES string of the molecule is CNS(=O)(=O)c1cc(C(=O)NC(C)(CN)C2CC2)c(C)o1.Cl. The lowest BCUT2D eigenvalue weighted by molar-refractivity contribution is 0.0896. The highest BCUT2D eigenvalue weighted by molar-refractivity contribution is 7.89. The zero-order chi connectivity index (χ0) is 15.8. The van der Waals surface area contributed by atoms with Crippen LogP contribution < -0.4 is 15.8 Å². The van der Waals surface area contributed by atoms with Crippen molar-refractivity contribution in [1.82, 2.24) is 10.0 Å². The van der Waals surface area contributed by atoms with E-state index < -0.39 is 15.6 Å². The summed E-state index contributed by atoms with van der Waals surface area (Å²) in [5.74, 6) is 0.268. The summed E-state index contributed by atoms with van der Waals surface area (Å²) in [5, 5.41) is 2.64. The molecule has 0 radical (unpaired) electrons. The second kappa shape index (κ2) is 6.57. The van der Waals surface area contributed by atoms with E-state index in [0.29, 0.717) is 12.5 Å². The molecule has 0 spiro atoms. The van der Waals surface area contributed by atoms with Crippen molar-refractivity contribution in [2.75, 3.05) is 13.6 Å². The summed E-state index contributed by atoms with van der Waals surface area (Å²) in [6.45, 7) is 3.80. The molecule has 9 heteroatoms. The summed E-state index contributed by atoms with van der Waals surface area (Å²) in [5.41, 5.74) is 5.51. The Kier molecular flexibility index (Phi) is 5.66.